The monoisotopic (exact) mass is 2030 g/mol. The number of H-pyrrole nitrogens is 3. The third kappa shape index (κ3) is 22.4. The number of hydrogen-bond donors (Lipinski definition) is 6. The Bertz CT molecular complexity index is 7670. The average molecular weight is 2040 g/mol. The van der Waals surface area contributed by atoms with Gasteiger partial charge in [0.1, 0.15) is 34.5 Å². The Balaban J connectivity index is 0.000000141. The number of likely N-dealkylation sites (tertiary alicyclic amines) is 3. The van der Waals surface area contributed by atoms with Crippen LogP contribution in [0.2, 0.25) is 0 Å². The lowest BCUT2D eigenvalue weighted by Gasteiger charge is -2.30. The van der Waals surface area contributed by atoms with Crippen molar-refractivity contribution in [2.45, 2.75) is 74.8 Å². The number of nitrogens with one attached hydrogen (secondary N) is 6. The van der Waals surface area contributed by atoms with Gasteiger partial charge in [-0.15, -0.1) is 0 Å². The van der Waals surface area contributed by atoms with Gasteiger partial charge in [-0.3, -0.25) is 68.7 Å². The number of nitrogens with zero attached hydrogens (tertiary/aromatic N) is 18. The Kier molecular flexibility index (Phi) is 30.3. The van der Waals surface area contributed by atoms with Crippen molar-refractivity contribution in [3.8, 4) is 67.9 Å². The van der Waals surface area contributed by atoms with Crippen LogP contribution < -0.4 is 20.9 Å². The molecule has 39 heteroatoms. The molecule has 15 aromatic rings. The zero-order valence-corrected chi connectivity index (χ0v) is 83.1. The molecule has 6 aliphatic heterocycles. The lowest BCUT2D eigenvalue weighted by atomic mass is 9.97. The summed E-state index contributed by atoms with van der Waals surface area (Å²) in [5, 5.41) is 33.5. The number of ether oxygens (including phenoxy) is 3. The number of anilines is 4. The van der Waals surface area contributed by atoms with Crippen molar-refractivity contribution in [1.29, 1.82) is 0 Å². The molecule has 33 nitrogen and oxygen atoms in total. The smallest absolute Gasteiger partial charge is 0.378 e. The first-order valence-electron chi connectivity index (χ1n) is 49.2. The van der Waals surface area contributed by atoms with Crippen molar-refractivity contribution >= 4 is 108 Å². The molecule has 0 aliphatic carbocycles. The van der Waals surface area contributed by atoms with Gasteiger partial charge in [0, 0.05) is 258 Å². The summed E-state index contributed by atoms with van der Waals surface area (Å²) < 4.78 is 103. The van der Waals surface area contributed by atoms with Crippen LogP contribution in [0.15, 0.2) is 244 Å². The lowest BCUT2D eigenvalue weighted by molar-refractivity contribution is -0.141. The Morgan fingerprint density at radius 3 is 1.03 bits per heavy atom. The van der Waals surface area contributed by atoms with E-state index in [4.69, 9.17) is 14.2 Å². The fraction of sp³-hybridized carbons (Fsp3) is 0.288. The number of aromatic nitrogens is 14. The van der Waals surface area contributed by atoms with E-state index in [0.29, 0.717) is 176 Å². The van der Waals surface area contributed by atoms with E-state index in [2.05, 4.69) is 93.3 Å². The molecule has 0 saturated carbocycles. The highest BCUT2D eigenvalue weighted by Crippen LogP contribution is 2.41. The third-order valence-corrected chi connectivity index (χ3v) is 28.4. The van der Waals surface area contributed by atoms with E-state index >= 15 is 13.2 Å². The second-order valence-corrected chi connectivity index (χ2v) is 37.9. The molecule has 0 spiro atoms. The Morgan fingerprint density at radius 2 is 0.720 bits per heavy atom. The number of aromatic amines is 3. The van der Waals surface area contributed by atoms with Gasteiger partial charge >= 0.3 is 6.18 Å². The molecule has 3 saturated heterocycles. The number of amides is 6. The van der Waals surface area contributed by atoms with E-state index < -0.39 is 34.6 Å². The number of carbonyl (C=O) groups is 6. The highest BCUT2D eigenvalue weighted by molar-refractivity contribution is 6.05. The number of rotatable bonds is 26. The molecule has 7 aromatic carbocycles. The molecule has 150 heavy (non-hydrogen) atoms. The Morgan fingerprint density at radius 1 is 0.387 bits per heavy atom. The van der Waals surface area contributed by atoms with Crippen molar-refractivity contribution in [2.24, 2.45) is 0 Å². The van der Waals surface area contributed by atoms with Crippen LogP contribution in [0.25, 0.3) is 117 Å². The minimum absolute atomic E-state index is 0.0405. The number of benzene rings is 7. The molecular weight excluding hydrogens is 1930 g/mol. The van der Waals surface area contributed by atoms with Gasteiger partial charge in [0.2, 0.25) is 17.7 Å². The van der Waals surface area contributed by atoms with Gasteiger partial charge in [-0.2, -0.15) is 28.5 Å². The summed E-state index contributed by atoms with van der Waals surface area (Å²) in [4.78, 5) is 127. The molecule has 0 radical (unpaired) electrons. The van der Waals surface area contributed by atoms with Crippen molar-refractivity contribution in [3.63, 3.8) is 0 Å². The van der Waals surface area contributed by atoms with Gasteiger partial charge < -0.3 is 49.8 Å². The molecule has 14 heterocycles. The molecular formula is C111H108F6N24O9. The Hall–Kier alpha value is -16.3. The van der Waals surface area contributed by atoms with Crippen molar-refractivity contribution < 1.29 is 69.3 Å². The fourth-order valence-corrected chi connectivity index (χ4v) is 19.8. The minimum atomic E-state index is -4.61. The number of methoxy groups -OCH3 is 3. The molecule has 6 N–H and O–H groups in total. The molecule has 6 amide bonds. The van der Waals surface area contributed by atoms with Gasteiger partial charge in [0.15, 0.2) is 34.3 Å². The molecule has 6 aliphatic rings. The van der Waals surface area contributed by atoms with Crippen LogP contribution in [0, 0.1) is 17.5 Å². The second-order valence-electron chi connectivity index (χ2n) is 37.9. The van der Waals surface area contributed by atoms with Crippen LogP contribution in [-0.2, 0) is 55.6 Å². The van der Waals surface area contributed by atoms with E-state index in [1.165, 1.54) is 45.6 Å². The number of hydrogen-bond acceptors (Lipinski definition) is 24. The number of alkyl halides is 3. The topological polar surface area (TPSA) is 378 Å². The van der Waals surface area contributed by atoms with Gasteiger partial charge in [-0.1, -0.05) is 73.7 Å². The van der Waals surface area contributed by atoms with Gasteiger partial charge in [-0.05, 0) is 189 Å². The first kappa shape index (κ1) is 102. The quantitative estimate of drug-likeness (QED) is 0.0274. The maximum atomic E-state index is 15.1. The molecule has 21 rings (SSSR count). The molecule has 3 atom stereocenters. The van der Waals surface area contributed by atoms with Crippen molar-refractivity contribution in [2.75, 3.05) is 154 Å². The first-order chi connectivity index (χ1) is 72.6. The van der Waals surface area contributed by atoms with Crippen LogP contribution in [-0.4, -0.2) is 286 Å². The summed E-state index contributed by atoms with van der Waals surface area (Å²) in [7, 11) is 8.51. The molecule has 8 aromatic heterocycles. The number of pyridine rings is 2. The summed E-state index contributed by atoms with van der Waals surface area (Å²) in [5.41, 5.74) is 11.5. The number of halogens is 6. The van der Waals surface area contributed by atoms with Crippen LogP contribution in [0.4, 0.5) is 49.1 Å². The zero-order valence-electron chi connectivity index (χ0n) is 83.1. The summed E-state index contributed by atoms with van der Waals surface area (Å²) in [6.45, 7) is 7.23. The highest BCUT2D eigenvalue weighted by atomic mass is 19.4. The van der Waals surface area contributed by atoms with Crippen LogP contribution in [0.5, 0.6) is 0 Å². The highest BCUT2D eigenvalue weighted by Gasteiger charge is 2.49. The minimum Gasteiger partial charge on any atom is -0.378 e. The molecule has 768 valence electrons. The summed E-state index contributed by atoms with van der Waals surface area (Å²) in [6, 6.07) is 50.8. The summed E-state index contributed by atoms with van der Waals surface area (Å²) >= 11 is 0. The van der Waals surface area contributed by atoms with Crippen LogP contribution in [0.1, 0.15) is 73.5 Å². The SMILES string of the molecule is CCc1cc(-c2n[nH]c3ccc(NC(=O)[C@]4(OC)CCN(CC(=O)N5CC=C(c6ccc(-c7ncccn7)cc6F)CC5)C4)cc23)ccn1.CO[C@@]1(C(=O)Nc2ccc3[nH]nc(-c4ccc(N(C)C)cc4)c3c2)CCN(CC(=O)N2CC=C(c3ccc(-c4ncccn4)cc3F)CC2)C1.CO[C@@]1(C(=O)Nc2ccc3[nH]nc(-c4ccnc(C(F)(F)F)c4)c3c2)CCN(CC(=O)N2CC=C(c3ccc(-c4ncccn4)cc3F)CC2)C1. The van der Waals surface area contributed by atoms with E-state index in [-0.39, 0.29) is 97.5 Å². The van der Waals surface area contributed by atoms with Crippen LogP contribution in [0.3, 0.4) is 0 Å². The normalized spacial score (nSPS) is 18.1. The number of fused-ring (bicyclic) bond motifs is 3. The van der Waals surface area contributed by atoms with Crippen LogP contribution >= 0.6 is 0 Å². The number of carbonyl (C=O) groups excluding carboxylic acids is 6. The third-order valence-electron chi connectivity index (χ3n) is 28.4. The van der Waals surface area contributed by atoms with Crippen molar-refractivity contribution in [3.05, 3.63) is 289 Å². The maximum absolute atomic E-state index is 15.1. The summed E-state index contributed by atoms with van der Waals surface area (Å²) in [6.07, 6.45) is 17.3. The fourth-order valence-electron chi connectivity index (χ4n) is 19.8. The van der Waals surface area contributed by atoms with E-state index in [9.17, 15) is 41.9 Å². The van der Waals surface area contributed by atoms with E-state index in [1.807, 2.05) is 137 Å². The maximum Gasteiger partial charge on any atom is 0.433 e. The van der Waals surface area contributed by atoms with Gasteiger partial charge in [-0.25, -0.2) is 43.1 Å². The number of aryl methyl sites for hydroxylation is 1. The molecule has 0 bridgehead atoms. The zero-order chi connectivity index (χ0) is 105. The predicted octanol–water partition coefficient (Wildman–Crippen LogP) is 16.0. The van der Waals surface area contributed by atoms with Gasteiger partial charge in [0.25, 0.3) is 17.7 Å². The lowest BCUT2D eigenvalue weighted by Crippen LogP contribution is -2.48. The average Bonchev–Trinajstić information content (AvgIpc) is 1.65. The molecule has 3 fully saturated rings. The van der Waals surface area contributed by atoms with E-state index in [1.54, 1.807) is 119 Å². The van der Waals surface area contributed by atoms with Crippen molar-refractivity contribution in [1.82, 2.24) is 99.9 Å². The molecule has 0 unspecified atom stereocenters. The summed E-state index contributed by atoms with van der Waals surface area (Å²) in [5.74, 6) is -0.810. The first-order valence-corrected chi connectivity index (χ1v) is 49.2. The van der Waals surface area contributed by atoms with Gasteiger partial charge in [0.05, 0.1) is 41.9 Å². The van der Waals surface area contributed by atoms with E-state index in [0.717, 1.165) is 91.1 Å². The predicted molar refractivity (Wildman–Crippen MR) is 557 cm³/mol. The Labute approximate surface area is 858 Å². The standard InChI is InChI=1S/C38H39FN8O3.C37H37FN8O3.C36H32F4N8O3/c1-45(2)29-9-5-26(6-10-29)35-31-22-28(8-12-33(31)43-44-35)42-37(49)38(50-3)15-20-46(24-38)23-34(48)47-18-13-25(14-19-47)30-11-7-27(21-32(30)39)36-40-16-4-17-41-36;1-3-27-19-25(9-15-39-27)34-30-21-28(6-8-32(30)43-44-34)42-36(48)37(49-2)12-18-45(23-37)22-33(47)46-16-10-24(11-17-46)29-7-5-26(20-31(29)38)35-40-13-4-14-41-35;1-51-35(34(50)44-25-4-6-29-27(19-25)32(46-45-29)23-7-13-41-30(18-23)36(38,39)40)10-16-47(21-35)20-31(49)48-14-8-22(9-15-48)26-5-3-24(17-28(26)37)33-42-11-2-12-43-33/h4-13,16-17,21-22H,14-15,18-20,23-24H2,1-3H3,(H,42,49)(H,43,44);4-10,13-15,19-21H,3,11-12,16-18,22-23H2,1-2H3,(H,42,48)(H,43,44);2-8,11-13,17-19H,9-10,14-16,20-21H2,1H3,(H,44,50)(H,45,46)/t38-;37-;35-/m000/s1. The second kappa shape index (κ2) is 44.4. The largest absolute Gasteiger partial charge is 0.433 e.